The molecule has 3 aromatic rings. The van der Waals surface area contributed by atoms with E-state index < -0.39 is 8.32 Å². The maximum atomic E-state index is 13.1. The summed E-state index contributed by atoms with van der Waals surface area (Å²) in [5, 5.41) is 2.26. The van der Waals surface area contributed by atoms with Gasteiger partial charge in [0.1, 0.15) is 0 Å². The van der Waals surface area contributed by atoms with Crippen LogP contribution in [0.15, 0.2) is 95.9 Å². The van der Waals surface area contributed by atoms with Crippen LogP contribution in [0, 0.1) is 5.92 Å². The van der Waals surface area contributed by atoms with Gasteiger partial charge in [-0.1, -0.05) is 99.6 Å². The van der Waals surface area contributed by atoms with Gasteiger partial charge in [0.15, 0.2) is 0 Å². The average Bonchev–Trinajstić information content (AvgIpc) is 2.84. The molecule has 0 N–H and O–H groups in total. The molecule has 0 bridgehead atoms. The predicted molar refractivity (Wildman–Crippen MR) is 145 cm³/mol. The van der Waals surface area contributed by atoms with Crippen molar-refractivity contribution in [3.63, 3.8) is 0 Å². The summed E-state index contributed by atoms with van der Waals surface area (Å²) >= 11 is 1.67. The summed E-state index contributed by atoms with van der Waals surface area (Å²) in [5.41, 5.74) is 0. The summed E-state index contributed by atoms with van der Waals surface area (Å²) in [5.74, 6) is 0.0190. The minimum Gasteiger partial charge on any atom is -0.466 e. The highest BCUT2D eigenvalue weighted by Crippen LogP contribution is 2.38. The van der Waals surface area contributed by atoms with E-state index in [9.17, 15) is 4.79 Å². The second-order valence-electron chi connectivity index (χ2n) is 9.47. The molecule has 0 aromatic heterocycles. The van der Waals surface area contributed by atoms with Crippen molar-refractivity contribution in [3.05, 3.63) is 91.0 Å². The first kappa shape index (κ1) is 26.3. The van der Waals surface area contributed by atoms with Crippen LogP contribution in [0.1, 0.15) is 34.6 Å². The van der Waals surface area contributed by atoms with Gasteiger partial charge in [-0.3, -0.25) is 4.79 Å². The molecule has 1 unspecified atom stereocenters. The van der Waals surface area contributed by atoms with E-state index in [1.165, 1.54) is 10.4 Å². The summed E-state index contributed by atoms with van der Waals surface area (Å²) in [6.45, 7) is 11.0. The molecule has 3 rings (SSSR count). The molecule has 0 aliphatic heterocycles. The van der Waals surface area contributed by atoms with Gasteiger partial charge in [0, 0.05) is 10.6 Å². The Labute approximate surface area is 210 Å². The Morgan fingerprint density at radius 3 is 1.76 bits per heavy atom. The maximum Gasteiger partial charge on any atom is 0.312 e. The quantitative estimate of drug-likeness (QED) is 0.200. The lowest BCUT2D eigenvalue weighted by Gasteiger charge is -2.45. The normalized spacial score (nSPS) is 13.8. The van der Waals surface area contributed by atoms with Gasteiger partial charge >= 0.3 is 5.97 Å². The molecule has 0 saturated carbocycles. The van der Waals surface area contributed by atoms with Gasteiger partial charge < -0.3 is 9.16 Å². The van der Waals surface area contributed by atoms with E-state index in [0.29, 0.717) is 12.4 Å². The van der Waals surface area contributed by atoms with E-state index in [1.807, 2.05) is 44.2 Å². The Bertz CT molecular complexity index is 980. The maximum absolute atomic E-state index is 13.1. The number of esters is 1. The third-order valence-electron chi connectivity index (χ3n) is 6.11. The molecule has 0 aliphatic carbocycles. The van der Waals surface area contributed by atoms with E-state index in [-0.39, 0.29) is 23.0 Å². The highest BCUT2D eigenvalue weighted by Gasteiger charge is 2.52. The van der Waals surface area contributed by atoms with Crippen molar-refractivity contribution < 1.29 is 14.0 Å². The average molecular weight is 493 g/mol. The molecule has 0 aliphatic rings. The molecule has 0 saturated heterocycles. The van der Waals surface area contributed by atoms with Crippen LogP contribution in [0.3, 0.4) is 0 Å². The number of ether oxygens (including phenoxy) is 1. The van der Waals surface area contributed by atoms with E-state index in [2.05, 4.69) is 81.4 Å². The minimum absolute atomic E-state index is 0.157. The fourth-order valence-electron chi connectivity index (χ4n) is 4.40. The van der Waals surface area contributed by atoms with Crippen molar-refractivity contribution in [2.75, 3.05) is 12.4 Å². The zero-order chi connectivity index (χ0) is 24.6. The standard InChI is InChI=1S/C29H36O3SSi/c1-6-31-28(30)27(22-33-24-16-10-7-11-17-24)23(2)32-34(29(3,4)5,25-18-12-8-13-19-25)26-20-14-9-15-21-26/h7-21,23,27H,6,22H2,1-5H3/t23?,27-/m1/s1. The summed E-state index contributed by atoms with van der Waals surface area (Å²) in [4.78, 5) is 14.2. The van der Waals surface area contributed by atoms with Crippen LogP contribution in [-0.4, -0.2) is 32.8 Å². The van der Waals surface area contributed by atoms with Gasteiger partial charge in [-0.25, -0.2) is 0 Å². The van der Waals surface area contributed by atoms with Crippen LogP contribution in [0.2, 0.25) is 5.04 Å². The van der Waals surface area contributed by atoms with Crippen molar-refractivity contribution >= 4 is 36.4 Å². The Balaban J connectivity index is 2.02. The highest BCUT2D eigenvalue weighted by atomic mass is 32.2. The largest absolute Gasteiger partial charge is 0.466 e. The van der Waals surface area contributed by atoms with Crippen LogP contribution < -0.4 is 10.4 Å². The molecule has 0 amide bonds. The van der Waals surface area contributed by atoms with Gasteiger partial charge in [-0.05, 0) is 41.4 Å². The smallest absolute Gasteiger partial charge is 0.312 e. The zero-order valence-corrected chi connectivity index (χ0v) is 22.7. The van der Waals surface area contributed by atoms with E-state index in [4.69, 9.17) is 9.16 Å². The fourth-order valence-corrected chi connectivity index (χ4v) is 10.3. The third kappa shape index (κ3) is 6.01. The summed E-state index contributed by atoms with van der Waals surface area (Å²) in [6, 6.07) is 31.3. The first-order chi connectivity index (χ1) is 16.3. The Morgan fingerprint density at radius 1 is 0.853 bits per heavy atom. The number of rotatable bonds is 10. The van der Waals surface area contributed by atoms with Crippen molar-refractivity contribution in [2.45, 2.75) is 50.7 Å². The van der Waals surface area contributed by atoms with Gasteiger partial charge in [0.25, 0.3) is 8.32 Å². The minimum atomic E-state index is -2.77. The van der Waals surface area contributed by atoms with Gasteiger partial charge in [0.05, 0.1) is 18.6 Å². The topological polar surface area (TPSA) is 35.5 Å². The molecule has 34 heavy (non-hydrogen) atoms. The molecular formula is C29H36O3SSi. The molecule has 180 valence electrons. The van der Waals surface area contributed by atoms with Crippen LogP contribution >= 0.6 is 11.8 Å². The lowest BCUT2D eigenvalue weighted by Crippen LogP contribution is -2.68. The molecular weight excluding hydrogens is 456 g/mol. The molecule has 2 atom stereocenters. The summed E-state index contributed by atoms with van der Waals surface area (Å²) < 4.78 is 12.7. The second-order valence-corrected chi connectivity index (χ2v) is 14.8. The van der Waals surface area contributed by atoms with Crippen LogP contribution in [0.4, 0.5) is 0 Å². The lowest BCUT2D eigenvalue weighted by molar-refractivity contribution is -0.150. The Kier molecular flexibility index (Phi) is 9.17. The molecule has 0 spiro atoms. The van der Waals surface area contributed by atoms with E-state index in [0.717, 1.165) is 4.90 Å². The van der Waals surface area contributed by atoms with Crippen LogP contribution in [-0.2, 0) is 14.0 Å². The van der Waals surface area contributed by atoms with Gasteiger partial charge in [-0.15, -0.1) is 11.8 Å². The number of carbonyl (C=O) groups excluding carboxylic acids is 1. The molecule has 5 heteroatoms. The molecule has 3 aromatic carbocycles. The van der Waals surface area contributed by atoms with Crippen LogP contribution in [0.25, 0.3) is 0 Å². The number of benzene rings is 3. The monoisotopic (exact) mass is 492 g/mol. The van der Waals surface area contributed by atoms with E-state index >= 15 is 0 Å². The molecule has 0 radical (unpaired) electrons. The van der Waals surface area contributed by atoms with Crippen molar-refractivity contribution in [1.29, 1.82) is 0 Å². The first-order valence-electron chi connectivity index (χ1n) is 11.9. The van der Waals surface area contributed by atoms with Gasteiger partial charge in [-0.2, -0.15) is 0 Å². The number of hydrogen-bond acceptors (Lipinski definition) is 4. The summed E-state index contributed by atoms with van der Waals surface area (Å²) in [7, 11) is -2.77. The van der Waals surface area contributed by atoms with Crippen molar-refractivity contribution in [1.82, 2.24) is 0 Å². The zero-order valence-electron chi connectivity index (χ0n) is 20.9. The molecule has 0 heterocycles. The summed E-state index contributed by atoms with van der Waals surface area (Å²) in [6.07, 6.45) is -0.318. The van der Waals surface area contributed by atoms with Crippen molar-refractivity contribution in [2.24, 2.45) is 5.92 Å². The highest BCUT2D eigenvalue weighted by molar-refractivity contribution is 7.99. The number of thioether (sulfide) groups is 1. The van der Waals surface area contributed by atoms with Gasteiger partial charge in [0.2, 0.25) is 0 Å². The van der Waals surface area contributed by atoms with E-state index in [1.54, 1.807) is 11.8 Å². The molecule has 3 nitrogen and oxygen atoms in total. The second kappa shape index (κ2) is 11.9. The molecule has 0 fully saturated rings. The SMILES string of the molecule is CCOC(=O)[C@H](CSc1ccccc1)C(C)O[Si](c1ccccc1)(c1ccccc1)C(C)(C)C. The fraction of sp³-hybridized carbons (Fsp3) is 0.345. The van der Waals surface area contributed by atoms with Crippen molar-refractivity contribution in [3.8, 4) is 0 Å². The Morgan fingerprint density at radius 2 is 1.32 bits per heavy atom. The third-order valence-corrected chi connectivity index (χ3v) is 12.4. The first-order valence-corrected chi connectivity index (χ1v) is 14.8. The Hall–Kier alpha value is -2.34. The number of hydrogen-bond donors (Lipinski definition) is 0. The predicted octanol–water partition coefficient (Wildman–Crippen LogP) is 5.92. The number of carbonyl (C=O) groups is 1. The van der Waals surface area contributed by atoms with Crippen LogP contribution in [0.5, 0.6) is 0 Å². The lowest BCUT2D eigenvalue weighted by atomic mass is 10.1.